The van der Waals surface area contributed by atoms with Gasteiger partial charge in [0.2, 0.25) is 0 Å². The van der Waals surface area contributed by atoms with E-state index >= 15 is 0 Å². The van der Waals surface area contributed by atoms with Crippen LogP contribution in [-0.2, 0) is 0 Å². The molecule has 5 aromatic rings. The van der Waals surface area contributed by atoms with Crippen molar-refractivity contribution in [2.75, 3.05) is 0 Å². The Morgan fingerprint density at radius 2 is 1.38 bits per heavy atom. The lowest BCUT2D eigenvalue weighted by Gasteiger charge is -2.16. The van der Waals surface area contributed by atoms with Gasteiger partial charge in [-0.1, -0.05) is 80.4 Å². The SMILES string of the molecule is O=c1c2c(-c3ccccc3)cccc2c2cc(Br)ccc2n1-c1ccc(Br)cc1. The predicted octanol–water partition coefficient (Wildman–Crippen LogP) is 7.34. The molecule has 2 nitrogen and oxygen atoms in total. The van der Waals surface area contributed by atoms with Crippen LogP contribution in [0, 0.1) is 0 Å². The lowest BCUT2D eigenvalue weighted by Crippen LogP contribution is -2.19. The van der Waals surface area contributed by atoms with Crippen LogP contribution < -0.4 is 5.56 Å². The molecular formula is C25H15Br2NO. The summed E-state index contributed by atoms with van der Waals surface area (Å²) in [6, 6.07) is 30.1. The molecule has 0 unspecified atom stereocenters. The van der Waals surface area contributed by atoms with Crippen molar-refractivity contribution in [3.05, 3.63) is 110 Å². The summed E-state index contributed by atoms with van der Waals surface area (Å²) >= 11 is 7.08. The van der Waals surface area contributed by atoms with Crippen LogP contribution >= 0.6 is 31.9 Å². The molecule has 5 rings (SSSR count). The zero-order valence-electron chi connectivity index (χ0n) is 15.3. The minimum Gasteiger partial charge on any atom is -0.276 e. The Kier molecular flexibility index (Phi) is 4.61. The third-order valence-corrected chi connectivity index (χ3v) is 6.16. The summed E-state index contributed by atoms with van der Waals surface area (Å²) in [5.74, 6) is 0. The van der Waals surface area contributed by atoms with Crippen molar-refractivity contribution < 1.29 is 0 Å². The number of aromatic nitrogens is 1. The molecule has 0 saturated carbocycles. The van der Waals surface area contributed by atoms with Gasteiger partial charge in [-0.15, -0.1) is 0 Å². The lowest BCUT2D eigenvalue weighted by molar-refractivity contribution is 1.06. The van der Waals surface area contributed by atoms with Crippen molar-refractivity contribution in [3.8, 4) is 16.8 Å². The Hall–Kier alpha value is -2.69. The summed E-state index contributed by atoms with van der Waals surface area (Å²) < 4.78 is 3.77. The molecule has 29 heavy (non-hydrogen) atoms. The quantitative estimate of drug-likeness (QED) is 0.230. The molecule has 0 bridgehead atoms. The van der Waals surface area contributed by atoms with Gasteiger partial charge in [-0.3, -0.25) is 9.36 Å². The zero-order valence-corrected chi connectivity index (χ0v) is 18.4. The number of hydrogen-bond acceptors (Lipinski definition) is 1. The smallest absolute Gasteiger partial charge is 0.264 e. The first kappa shape index (κ1) is 18.3. The van der Waals surface area contributed by atoms with E-state index < -0.39 is 0 Å². The van der Waals surface area contributed by atoms with Crippen LogP contribution in [0.2, 0.25) is 0 Å². The third kappa shape index (κ3) is 3.13. The molecular weight excluding hydrogens is 490 g/mol. The fraction of sp³-hybridized carbons (Fsp3) is 0. The Morgan fingerprint density at radius 1 is 0.655 bits per heavy atom. The topological polar surface area (TPSA) is 22.0 Å². The number of rotatable bonds is 2. The summed E-state index contributed by atoms with van der Waals surface area (Å²) in [6.45, 7) is 0. The van der Waals surface area contributed by atoms with Crippen molar-refractivity contribution in [3.63, 3.8) is 0 Å². The fourth-order valence-corrected chi connectivity index (χ4v) is 4.48. The van der Waals surface area contributed by atoms with E-state index in [1.165, 1.54) is 0 Å². The summed E-state index contributed by atoms with van der Waals surface area (Å²) in [5.41, 5.74) is 3.69. The summed E-state index contributed by atoms with van der Waals surface area (Å²) in [4.78, 5) is 13.8. The van der Waals surface area contributed by atoms with Crippen LogP contribution in [-0.4, -0.2) is 4.57 Å². The van der Waals surface area contributed by atoms with E-state index in [1.807, 2.05) is 89.5 Å². The first-order valence-corrected chi connectivity index (χ1v) is 10.8. The molecule has 140 valence electrons. The van der Waals surface area contributed by atoms with Crippen LogP contribution in [0.25, 0.3) is 38.5 Å². The first-order valence-electron chi connectivity index (χ1n) is 9.22. The van der Waals surface area contributed by atoms with Crippen molar-refractivity contribution >= 4 is 53.5 Å². The van der Waals surface area contributed by atoms with Crippen LogP contribution in [0.3, 0.4) is 0 Å². The van der Waals surface area contributed by atoms with E-state index in [0.717, 1.165) is 47.4 Å². The summed E-state index contributed by atoms with van der Waals surface area (Å²) in [7, 11) is 0. The average molecular weight is 505 g/mol. The molecule has 0 aliphatic carbocycles. The van der Waals surface area contributed by atoms with Crippen molar-refractivity contribution in [2.24, 2.45) is 0 Å². The molecule has 4 heteroatoms. The van der Waals surface area contributed by atoms with Crippen molar-refractivity contribution in [1.29, 1.82) is 0 Å². The van der Waals surface area contributed by atoms with E-state index in [0.29, 0.717) is 0 Å². The lowest BCUT2D eigenvalue weighted by atomic mass is 9.96. The maximum Gasteiger partial charge on any atom is 0.264 e. The monoisotopic (exact) mass is 503 g/mol. The Bertz CT molecular complexity index is 1420. The van der Waals surface area contributed by atoms with Crippen LogP contribution in [0.15, 0.2) is 105 Å². The molecule has 0 radical (unpaired) electrons. The van der Waals surface area contributed by atoms with Gasteiger partial charge in [-0.25, -0.2) is 0 Å². The molecule has 0 amide bonds. The van der Waals surface area contributed by atoms with Crippen LogP contribution in [0.1, 0.15) is 0 Å². The number of fused-ring (bicyclic) bond motifs is 3. The molecule has 1 aromatic heterocycles. The normalized spacial score (nSPS) is 11.2. The highest BCUT2D eigenvalue weighted by Gasteiger charge is 2.16. The zero-order chi connectivity index (χ0) is 20.0. The highest BCUT2D eigenvalue weighted by atomic mass is 79.9. The number of halogens is 2. The molecule has 0 aliphatic heterocycles. The van der Waals surface area contributed by atoms with Gasteiger partial charge >= 0.3 is 0 Å². The second kappa shape index (κ2) is 7.29. The number of pyridine rings is 1. The number of hydrogen-bond donors (Lipinski definition) is 0. The van der Waals surface area contributed by atoms with Gasteiger partial charge in [0.05, 0.1) is 10.9 Å². The fourth-order valence-electron chi connectivity index (χ4n) is 3.85. The second-order valence-electron chi connectivity index (χ2n) is 6.87. The van der Waals surface area contributed by atoms with Gasteiger partial charge in [-0.2, -0.15) is 0 Å². The van der Waals surface area contributed by atoms with Gasteiger partial charge in [0.25, 0.3) is 5.56 Å². The Labute approximate surface area is 184 Å². The van der Waals surface area contributed by atoms with Crippen molar-refractivity contribution in [1.82, 2.24) is 4.57 Å². The second-order valence-corrected chi connectivity index (χ2v) is 8.70. The minimum absolute atomic E-state index is 0.0170. The molecule has 0 fully saturated rings. The van der Waals surface area contributed by atoms with Gasteiger partial charge in [0.1, 0.15) is 0 Å². The maximum absolute atomic E-state index is 13.8. The largest absolute Gasteiger partial charge is 0.276 e. The van der Waals surface area contributed by atoms with Crippen LogP contribution in [0.4, 0.5) is 0 Å². The maximum atomic E-state index is 13.8. The molecule has 0 spiro atoms. The standard InChI is InChI=1S/C25H15Br2NO/c26-17-9-12-19(13-10-17)28-23-14-11-18(27)15-22(23)21-8-4-7-20(24(21)25(28)29)16-5-2-1-3-6-16/h1-15H. The first-order chi connectivity index (χ1) is 14.1. The van der Waals surface area contributed by atoms with E-state index in [2.05, 4.69) is 37.9 Å². The molecule has 0 aliphatic rings. The highest BCUT2D eigenvalue weighted by Crippen LogP contribution is 2.33. The van der Waals surface area contributed by atoms with Gasteiger partial charge in [-0.05, 0) is 59.0 Å². The molecule has 0 atom stereocenters. The van der Waals surface area contributed by atoms with E-state index in [4.69, 9.17) is 0 Å². The van der Waals surface area contributed by atoms with E-state index in [1.54, 1.807) is 0 Å². The molecule has 4 aromatic carbocycles. The Morgan fingerprint density at radius 3 is 2.14 bits per heavy atom. The summed E-state index contributed by atoms with van der Waals surface area (Å²) in [6.07, 6.45) is 0. The number of nitrogens with zero attached hydrogens (tertiary/aromatic N) is 1. The van der Waals surface area contributed by atoms with E-state index in [-0.39, 0.29) is 5.56 Å². The van der Waals surface area contributed by atoms with Gasteiger partial charge in [0.15, 0.2) is 0 Å². The van der Waals surface area contributed by atoms with Gasteiger partial charge < -0.3 is 0 Å². The van der Waals surface area contributed by atoms with Crippen LogP contribution in [0.5, 0.6) is 0 Å². The number of benzene rings is 4. The van der Waals surface area contributed by atoms with Crippen molar-refractivity contribution in [2.45, 2.75) is 0 Å². The highest BCUT2D eigenvalue weighted by molar-refractivity contribution is 9.10. The third-order valence-electron chi connectivity index (χ3n) is 5.14. The Balaban J connectivity index is 2.00. The average Bonchev–Trinajstić information content (AvgIpc) is 2.75. The molecule has 0 saturated heterocycles. The molecule has 0 N–H and O–H groups in total. The van der Waals surface area contributed by atoms with Gasteiger partial charge in [0, 0.05) is 20.0 Å². The molecule has 1 heterocycles. The predicted molar refractivity (Wildman–Crippen MR) is 128 cm³/mol. The minimum atomic E-state index is -0.0170. The summed E-state index contributed by atoms with van der Waals surface area (Å²) in [5, 5.41) is 2.72. The van der Waals surface area contributed by atoms with E-state index in [9.17, 15) is 4.79 Å².